The fourth-order valence-electron chi connectivity index (χ4n) is 3.29. The van der Waals surface area contributed by atoms with Gasteiger partial charge in [-0.25, -0.2) is 4.98 Å². The molecule has 1 N–H and O–H groups in total. The summed E-state index contributed by atoms with van der Waals surface area (Å²) in [5.74, 6) is 0. The largest absolute Gasteiger partial charge is 0.319 e. The molecular weight excluding hydrogens is 242 g/mol. The summed E-state index contributed by atoms with van der Waals surface area (Å²) < 4.78 is 0. The molecule has 3 nitrogen and oxygen atoms in total. The van der Waals surface area contributed by atoms with E-state index in [-0.39, 0.29) is 0 Å². The number of hydrogen-bond donors (Lipinski definition) is 1. The van der Waals surface area contributed by atoms with Crippen LogP contribution in [-0.4, -0.2) is 37.1 Å². The van der Waals surface area contributed by atoms with Crippen LogP contribution in [0.15, 0.2) is 10.9 Å². The first-order valence-corrected chi connectivity index (χ1v) is 7.89. The highest BCUT2D eigenvalue weighted by molar-refractivity contribution is 7.07. The second-order valence-corrected chi connectivity index (χ2v) is 6.46. The van der Waals surface area contributed by atoms with Crippen LogP contribution in [0.2, 0.25) is 0 Å². The molecular formula is C14H25N3S. The molecule has 0 aromatic carbocycles. The fourth-order valence-corrected chi connectivity index (χ4v) is 3.84. The Balaban J connectivity index is 1.91. The average Bonchev–Trinajstić information content (AvgIpc) is 2.83. The van der Waals surface area contributed by atoms with Crippen molar-refractivity contribution in [3.63, 3.8) is 0 Å². The van der Waals surface area contributed by atoms with Crippen molar-refractivity contribution < 1.29 is 0 Å². The van der Waals surface area contributed by atoms with E-state index in [1.165, 1.54) is 44.3 Å². The maximum Gasteiger partial charge on any atom is 0.0795 e. The van der Waals surface area contributed by atoms with Crippen molar-refractivity contribution in [1.29, 1.82) is 0 Å². The van der Waals surface area contributed by atoms with Gasteiger partial charge in [0.25, 0.3) is 0 Å². The maximum atomic E-state index is 4.38. The number of rotatable bonds is 6. The van der Waals surface area contributed by atoms with Gasteiger partial charge in [0.05, 0.1) is 11.2 Å². The van der Waals surface area contributed by atoms with Crippen LogP contribution >= 0.6 is 11.3 Å². The van der Waals surface area contributed by atoms with Crippen LogP contribution in [0.3, 0.4) is 0 Å². The molecule has 1 aromatic heterocycles. The summed E-state index contributed by atoms with van der Waals surface area (Å²) in [7, 11) is 4.31. The molecule has 0 radical (unpaired) electrons. The molecule has 1 saturated carbocycles. The van der Waals surface area contributed by atoms with E-state index in [0.29, 0.717) is 5.41 Å². The molecule has 0 aliphatic heterocycles. The topological polar surface area (TPSA) is 28.2 Å². The van der Waals surface area contributed by atoms with Crippen molar-refractivity contribution in [2.24, 2.45) is 5.41 Å². The first-order chi connectivity index (χ1) is 8.74. The first kappa shape index (κ1) is 14.0. The van der Waals surface area contributed by atoms with Crippen LogP contribution in [0.4, 0.5) is 0 Å². The Hall–Kier alpha value is -0.450. The normalized spacial score (nSPS) is 19.3. The van der Waals surface area contributed by atoms with Crippen LogP contribution in [0.25, 0.3) is 0 Å². The van der Waals surface area contributed by atoms with Crippen molar-refractivity contribution in [1.82, 2.24) is 15.2 Å². The summed E-state index contributed by atoms with van der Waals surface area (Å²) in [5.41, 5.74) is 3.61. The summed E-state index contributed by atoms with van der Waals surface area (Å²) in [5, 5.41) is 5.56. The van der Waals surface area contributed by atoms with E-state index in [2.05, 4.69) is 34.7 Å². The van der Waals surface area contributed by atoms with Gasteiger partial charge in [-0.2, -0.15) is 0 Å². The van der Waals surface area contributed by atoms with Gasteiger partial charge in [0.2, 0.25) is 0 Å². The number of nitrogens with one attached hydrogen (secondary N) is 1. The zero-order valence-corrected chi connectivity index (χ0v) is 12.4. The van der Waals surface area contributed by atoms with E-state index in [0.717, 1.165) is 13.1 Å². The third-order valence-electron chi connectivity index (χ3n) is 3.99. The SMILES string of the molecule is CNCC1(CN(C)Cc2cscn2)CCCCC1. The third kappa shape index (κ3) is 3.77. The van der Waals surface area contributed by atoms with Crippen molar-refractivity contribution in [2.45, 2.75) is 38.6 Å². The molecule has 0 bridgehead atoms. The van der Waals surface area contributed by atoms with Crippen LogP contribution in [0.5, 0.6) is 0 Å². The van der Waals surface area contributed by atoms with Crippen molar-refractivity contribution >= 4 is 11.3 Å². The number of aromatic nitrogens is 1. The van der Waals surface area contributed by atoms with Gasteiger partial charge in [0, 0.05) is 25.0 Å². The quantitative estimate of drug-likeness (QED) is 0.859. The van der Waals surface area contributed by atoms with Gasteiger partial charge in [-0.05, 0) is 32.4 Å². The molecule has 1 fully saturated rings. The van der Waals surface area contributed by atoms with Gasteiger partial charge < -0.3 is 5.32 Å². The number of nitrogens with zero attached hydrogens (tertiary/aromatic N) is 2. The summed E-state index contributed by atoms with van der Waals surface area (Å²) in [6.45, 7) is 3.31. The molecule has 0 saturated heterocycles. The lowest BCUT2D eigenvalue weighted by Crippen LogP contribution is -2.43. The van der Waals surface area contributed by atoms with E-state index in [9.17, 15) is 0 Å². The zero-order chi connectivity index (χ0) is 12.8. The molecule has 4 heteroatoms. The van der Waals surface area contributed by atoms with Crippen molar-refractivity contribution in [3.05, 3.63) is 16.6 Å². The Morgan fingerprint density at radius 1 is 1.39 bits per heavy atom. The molecule has 18 heavy (non-hydrogen) atoms. The second-order valence-electron chi connectivity index (χ2n) is 5.74. The molecule has 102 valence electrons. The summed E-state index contributed by atoms with van der Waals surface area (Å²) in [6.07, 6.45) is 6.95. The zero-order valence-electron chi connectivity index (χ0n) is 11.6. The minimum Gasteiger partial charge on any atom is -0.319 e. The second kappa shape index (κ2) is 6.64. The highest BCUT2D eigenvalue weighted by Crippen LogP contribution is 2.36. The maximum absolute atomic E-state index is 4.38. The fraction of sp³-hybridized carbons (Fsp3) is 0.786. The smallest absolute Gasteiger partial charge is 0.0795 e. The average molecular weight is 267 g/mol. The molecule has 0 atom stereocenters. The summed E-state index contributed by atoms with van der Waals surface area (Å²) in [6, 6.07) is 0. The van der Waals surface area contributed by atoms with E-state index in [1.807, 2.05) is 5.51 Å². The van der Waals surface area contributed by atoms with Gasteiger partial charge in [-0.1, -0.05) is 19.3 Å². The van der Waals surface area contributed by atoms with Gasteiger partial charge in [-0.15, -0.1) is 11.3 Å². The van der Waals surface area contributed by atoms with Crippen LogP contribution < -0.4 is 5.32 Å². The Morgan fingerprint density at radius 2 is 2.17 bits per heavy atom. The predicted octanol–water partition coefficient (Wildman–Crippen LogP) is 2.74. The van der Waals surface area contributed by atoms with E-state index in [1.54, 1.807) is 11.3 Å². The molecule has 0 spiro atoms. The molecule has 1 aromatic rings. The van der Waals surface area contributed by atoms with Gasteiger partial charge in [-0.3, -0.25) is 4.90 Å². The minimum absolute atomic E-state index is 0.484. The number of hydrogen-bond acceptors (Lipinski definition) is 4. The lowest BCUT2D eigenvalue weighted by atomic mass is 9.73. The third-order valence-corrected chi connectivity index (χ3v) is 4.62. The Morgan fingerprint density at radius 3 is 2.78 bits per heavy atom. The molecule has 1 aliphatic rings. The minimum atomic E-state index is 0.484. The van der Waals surface area contributed by atoms with Gasteiger partial charge in [0.15, 0.2) is 0 Å². The standard InChI is InChI=1S/C14H25N3S/c1-15-10-14(6-4-3-5-7-14)11-17(2)8-13-9-18-12-16-13/h9,12,15H,3-8,10-11H2,1-2H3. The monoisotopic (exact) mass is 267 g/mol. The highest BCUT2D eigenvalue weighted by atomic mass is 32.1. The van der Waals surface area contributed by atoms with E-state index >= 15 is 0 Å². The highest BCUT2D eigenvalue weighted by Gasteiger charge is 2.32. The first-order valence-electron chi connectivity index (χ1n) is 6.94. The van der Waals surface area contributed by atoms with Gasteiger partial charge >= 0.3 is 0 Å². The van der Waals surface area contributed by atoms with E-state index in [4.69, 9.17) is 0 Å². The lowest BCUT2D eigenvalue weighted by Gasteiger charge is -2.40. The van der Waals surface area contributed by atoms with Crippen LogP contribution in [0, 0.1) is 5.41 Å². The summed E-state index contributed by atoms with van der Waals surface area (Å²) in [4.78, 5) is 6.82. The van der Waals surface area contributed by atoms with Crippen molar-refractivity contribution in [3.8, 4) is 0 Å². The van der Waals surface area contributed by atoms with Crippen LogP contribution in [-0.2, 0) is 6.54 Å². The Kier molecular flexibility index (Phi) is 5.15. The molecule has 0 unspecified atom stereocenters. The number of thiazole rings is 1. The molecule has 1 aliphatic carbocycles. The van der Waals surface area contributed by atoms with Gasteiger partial charge in [0.1, 0.15) is 0 Å². The van der Waals surface area contributed by atoms with E-state index < -0.39 is 0 Å². The molecule has 1 heterocycles. The Labute approximate surface area is 115 Å². The van der Waals surface area contributed by atoms with Crippen LogP contribution in [0.1, 0.15) is 37.8 Å². The van der Waals surface area contributed by atoms with Crippen molar-refractivity contribution in [2.75, 3.05) is 27.2 Å². The lowest BCUT2D eigenvalue weighted by molar-refractivity contribution is 0.115. The molecule has 0 amide bonds. The predicted molar refractivity (Wildman–Crippen MR) is 77.9 cm³/mol. The molecule has 2 rings (SSSR count). The summed E-state index contributed by atoms with van der Waals surface area (Å²) >= 11 is 1.69. The Bertz CT molecular complexity index is 325.